The van der Waals surface area contributed by atoms with Crippen molar-refractivity contribution in [1.82, 2.24) is 0 Å². The zero-order valence-electron chi connectivity index (χ0n) is 16.7. The summed E-state index contributed by atoms with van der Waals surface area (Å²) < 4.78 is 30.6. The highest BCUT2D eigenvalue weighted by atomic mass is 35.5. The average Bonchev–Trinajstić information content (AvgIpc) is 2.57. The minimum Gasteiger partial charge on any atom is -0.481 e. The molecule has 154 valence electrons. The topological polar surface area (TPSA) is 80.7 Å². The van der Waals surface area contributed by atoms with Gasteiger partial charge in [0.05, 0.1) is 16.2 Å². The zero-order valence-corrected chi connectivity index (χ0v) is 18.3. The van der Waals surface area contributed by atoms with Crippen molar-refractivity contribution < 1.29 is 23.1 Å². The lowest BCUT2D eigenvalue weighted by Crippen LogP contribution is -2.20. The van der Waals surface area contributed by atoms with Crippen molar-refractivity contribution in [1.29, 1.82) is 0 Å². The van der Waals surface area contributed by atoms with Crippen LogP contribution in [0.1, 0.15) is 37.5 Å². The van der Waals surface area contributed by atoms with Crippen LogP contribution in [0.4, 0.5) is 0 Å². The first kappa shape index (κ1) is 22.8. The van der Waals surface area contributed by atoms with Gasteiger partial charge in [-0.1, -0.05) is 50.3 Å². The third kappa shape index (κ3) is 6.81. The Kier molecular flexibility index (Phi) is 6.99. The molecule has 0 atom stereocenters. The average molecular weight is 435 g/mol. The van der Waals surface area contributed by atoms with Gasteiger partial charge in [-0.15, -0.1) is 0 Å². The first-order chi connectivity index (χ1) is 13.4. The van der Waals surface area contributed by atoms with E-state index in [1.807, 2.05) is 27.7 Å². The van der Waals surface area contributed by atoms with Crippen molar-refractivity contribution in [3.05, 3.63) is 58.1 Å². The molecule has 0 aliphatic carbocycles. The van der Waals surface area contributed by atoms with Gasteiger partial charge in [-0.3, -0.25) is 0 Å². The van der Waals surface area contributed by atoms with Crippen LogP contribution >= 0.6 is 11.6 Å². The number of carbonyl (C=O) groups is 1. The van der Waals surface area contributed by atoms with Crippen molar-refractivity contribution in [2.45, 2.75) is 32.6 Å². The quantitative estimate of drug-likeness (QED) is 0.708. The number of sulfone groups is 1. The largest absolute Gasteiger partial charge is 0.481 e. The molecule has 0 heterocycles. The molecule has 0 aliphatic heterocycles. The predicted octanol–water partition coefficient (Wildman–Crippen LogP) is 4.33. The van der Waals surface area contributed by atoms with Gasteiger partial charge in [-0.25, -0.2) is 13.2 Å². The minimum atomic E-state index is -3.45. The van der Waals surface area contributed by atoms with Crippen molar-refractivity contribution in [2.75, 3.05) is 12.4 Å². The van der Waals surface area contributed by atoms with Crippen LogP contribution in [0.15, 0.2) is 41.3 Å². The maximum absolute atomic E-state index is 12.7. The molecule has 5 nitrogen and oxygen atoms in total. The molecule has 0 saturated carbocycles. The molecule has 0 fully saturated rings. The van der Waals surface area contributed by atoms with Crippen molar-refractivity contribution in [3.63, 3.8) is 0 Å². The third-order valence-electron chi connectivity index (χ3n) is 3.82. The molecule has 29 heavy (non-hydrogen) atoms. The predicted molar refractivity (Wildman–Crippen MR) is 113 cm³/mol. The highest BCUT2D eigenvalue weighted by Crippen LogP contribution is 2.25. The van der Waals surface area contributed by atoms with E-state index < -0.39 is 22.4 Å². The lowest BCUT2D eigenvalue weighted by atomic mass is 10.0. The molecule has 0 bridgehead atoms. The van der Waals surface area contributed by atoms with E-state index in [4.69, 9.17) is 21.4 Å². The minimum absolute atomic E-state index is 0.0252. The molecule has 0 aromatic heterocycles. The van der Waals surface area contributed by atoms with Crippen LogP contribution in [-0.4, -0.2) is 31.9 Å². The Hall–Kier alpha value is -2.49. The second-order valence-corrected chi connectivity index (χ2v) is 10.3. The number of hydrogen-bond donors (Lipinski definition) is 1. The number of benzene rings is 2. The molecule has 0 unspecified atom stereocenters. The number of hydrogen-bond acceptors (Lipinski definition) is 4. The van der Waals surface area contributed by atoms with Crippen molar-refractivity contribution >= 4 is 27.4 Å². The smallest absolute Gasteiger partial charge is 0.341 e. The number of carboxylic acid groups (broad SMARTS) is 1. The van der Waals surface area contributed by atoms with E-state index in [9.17, 15) is 13.2 Å². The molecule has 0 saturated heterocycles. The number of ether oxygens (including phenoxy) is 1. The Morgan fingerprint density at radius 3 is 2.38 bits per heavy atom. The Labute approximate surface area is 176 Å². The fourth-order valence-corrected chi connectivity index (χ4v) is 4.63. The molecule has 2 aromatic rings. The summed E-state index contributed by atoms with van der Waals surface area (Å²) in [4.78, 5) is 11.0. The Morgan fingerprint density at radius 2 is 1.76 bits per heavy atom. The van der Waals surface area contributed by atoms with Gasteiger partial charge in [0.1, 0.15) is 5.75 Å². The summed E-state index contributed by atoms with van der Waals surface area (Å²) in [5.74, 6) is 5.08. The highest BCUT2D eigenvalue weighted by molar-refractivity contribution is 7.91. The van der Waals surface area contributed by atoms with Gasteiger partial charge in [0.15, 0.2) is 16.4 Å². The molecule has 0 spiro atoms. The molecule has 0 amide bonds. The van der Waals surface area contributed by atoms with Crippen LogP contribution in [0.5, 0.6) is 5.75 Å². The molecular formula is C22H23ClO5S. The van der Waals surface area contributed by atoms with E-state index in [0.29, 0.717) is 21.9 Å². The van der Waals surface area contributed by atoms with E-state index in [2.05, 4.69) is 11.8 Å². The lowest BCUT2D eigenvalue weighted by Gasteiger charge is -2.18. The summed E-state index contributed by atoms with van der Waals surface area (Å²) in [6, 6.07) is 9.57. The monoisotopic (exact) mass is 434 g/mol. The number of aliphatic carboxylic acids is 1. The van der Waals surface area contributed by atoms with Crippen LogP contribution in [0.25, 0.3) is 0 Å². The first-order valence-corrected chi connectivity index (χ1v) is 10.9. The van der Waals surface area contributed by atoms with Crippen LogP contribution < -0.4 is 4.74 Å². The molecule has 7 heteroatoms. The summed E-state index contributed by atoms with van der Waals surface area (Å²) in [6.07, 6.45) is 0. The third-order valence-corrected chi connectivity index (χ3v) is 6.27. The number of halogens is 1. The van der Waals surface area contributed by atoms with Crippen LogP contribution in [0.2, 0.25) is 5.02 Å². The molecule has 0 radical (unpaired) electrons. The van der Waals surface area contributed by atoms with Gasteiger partial charge in [0, 0.05) is 10.6 Å². The van der Waals surface area contributed by atoms with Gasteiger partial charge < -0.3 is 9.84 Å². The summed E-state index contributed by atoms with van der Waals surface area (Å²) in [5.41, 5.74) is 1.43. The fourth-order valence-electron chi connectivity index (χ4n) is 2.58. The Morgan fingerprint density at radius 1 is 1.10 bits per heavy atom. The van der Waals surface area contributed by atoms with E-state index in [-0.39, 0.29) is 16.1 Å². The molecular weight excluding hydrogens is 412 g/mol. The van der Waals surface area contributed by atoms with Gasteiger partial charge in [-0.05, 0) is 48.2 Å². The second kappa shape index (κ2) is 8.89. The summed E-state index contributed by atoms with van der Waals surface area (Å²) in [7, 11) is -3.45. The number of rotatable bonds is 5. The maximum atomic E-state index is 12.7. The van der Waals surface area contributed by atoms with Crippen LogP contribution in [-0.2, 0) is 14.6 Å². The van der Waals surface area contributed by atoms with E-state index in [1.165, 1.54) is 0 Å². The van der Waals surface area contributed by atoms with Gasteiger partial charge in [-0.2, -0.15) is 0 Å². The van der Waals surface area contributed by atoms with E-state index in [0.717, 1.165) is 5.56 Å². The van der Waals surface area contributed by atoms with Crippen molar-refractivity contribution in [2.24, 2.45) is 5.41 Å². The van der Waals surface area contributed by atoms with Gasteiger partial charge in [0.25, 0.3) is 0 Å². The van der Waals surface area contributed by atoms with Crippen molar-refractivity contribution in [3.8, 4) is 17.6 Å². The summed E-state index contributed by atoms with van der Waals surface area (Å²) >= 11 is 6.02. The van der Waals surface area contributed by atoms with E-state index >= 15 is 0 Å². The van der Waals surface area contributed by atoms with Gasteiger partial charge in [0.2, 0.25) is 0 Å². The molecule has 0 aliphatic rings. The van der Waals surface area contributed by atoms with Crippen LogP contribution in [0.3, 0.4) is 0 Å². The normalized spacial score (nSPS) is 11.5. The Balaban J connectivity index is 2.43. The number of carboxylic acids is 1. The lowest BCUT2D eigenvalue weighted by molar-refractivity contribution is -0.139. The molecule has 1 N–H and O–H groups in total. The summed E-state index contributed by atoms with van der Waals surface area (Å²) in [6.45, 7) is 6.95. The second-order valence-electron chi connectivity index (χ2n) is 7.87. The standard InChI is InChI=1S/C22H23ClO5S/c1-15-5-9-19(29(26,27)14-22(2,3)4)12-16(15)6-7-17-11-18(23)8-10-20(17)28-13-21(24)25/h5,8-12H,13-14H2,1-4H3,(H,24,25). The maximum Gasteiger partial charge on any atom is 0.341 e. The fraction of sp³-hybridized carbons (Fsp3) is 0.318. The molecule has 2 aromatic carbocycles. The highest BCUT2D eigenvalue weighted by Gasteiger charge is 2.23. The molecule has 2 rings (SSSR count). The van der Waals surface area contributed by atoms with E-state index in [1.54, 1.807) is 36.4 Å². The van der Waals surface area contributed by atoms with Gasteiger partial charge >= 0.3 is 5.97 Å². The first-order valence-electron chi connectivity index (χ1n) is 8.87. The zero-order chi connectivity index (χ0) is 21.8. The Bertz CT molecular complexity index is 1090. The van der Waals surface area contributed by atoms with Crippen LogP contribution in [0, 0.1) is 24.2 Å². The summed E-state index contributed by atoms with van der Waals surface area (Å²) in [5, 5.41) is 9.23. The number of aryl methyl sites for hydroxylation is 1. The SMILES string of the molecule is Cc1ccc(S(=O)(=O)CC(C)(C)C)cc1C#Cc1cc(Cl)ccc1OCC(=O)O.